The van der Waals surface area contributed by atoms with Crippen LogP contribution in [-0.4, -0.2) is 23.7 Å². The first kappa shape index (κ1) is 9.27. The molecule has 0 aromatic carbocycles. The largest absolute Gasteiger partial charge is 0.316 e. The van der Waals surface area contributed by atoms with Gasteiger partial charge in [0, 0.05) is 18.9 Å². The number of carbonyl (C=O) groups is 1. The Bertz CT molecular complexity index is 288. The molecular formula is C10H15N3O. The van der Waals surface area contributed by atoms with Crippen LogP contribution in [-0.2, 0) is 4.79 Å². The third-order valence-corrected chi connectivity index (χ3v) is 2.51. The Kier molecular flexibility index (Phi) is 2.84. The minimum Gasteiger partial charge on any atom is -0.316 e. The van der Waals surface area contributed by atoms with E-state index < -0.39 is 0 Å². The minimum absolute atomic E-state index is 0.105. The van der Waals surface area contributed by atoms with Gasteiger partial charge in [0.2, 0.25) is 5.91 Å². The zero-order chi connectivity index (χ0) is 9.80. The lowest BCUT2D eigenvalue weighted by Crippen LogP contribution is -2.39. The molecule has 4 heteroatoms. The predicted octanol–water partition coefficient (Wildman–Crippen LogP) is 0.558. The predicted molar refractivity (Wildman–Crippen MR) is 54.4 cm³/mol. The second-order valence-electron chi connectivity index (χ2n) is 3.61. The molecule has 1 amide bonds. The van der Waals surface area contributed by atoms with Gasteiger partial charge in [0.05, 0.1) is 5.92 Å². The lowest BCUT2D eigenvalue weighted by molar-refractivity contribution is -0.121. The Morgan fingerprint density at radius 2 is 2.21 bits per heavy atom. The Labute approximate surface area is 83.3 Å². The van der Waals surface area contributed by atoms with Crippen molar-refractivity contribution >= 4 is 5.91 Å². The maximum atomic E-state index is 11.7. The van der Waals surface area contributed by atoms with Gasteiger partial charge in [0.15, 0.2) is 0 Å². The third kappa shape index (κ3) is 2.14. The van der Waals surface area contributed by atoms with E-state index >= 15 is 0 Å². The topological polar surface area (TPSA) is 46.1 Å². The maximum Gasteiger partial charge on any atom is 0.243 e. The Morgan fingerprint density at radius 3 is 2.86 bits per heavy atom. The van der Waals surface area contributed by atoms with E-state index in [0.29, 0.717) is 0 Å². The number of nitrogens with one attached hydrogen (secondary N) is 2. The number of nitrogens with zero attached hydrogens (tertiary/aromatic N) is 1. The van der Waals surface area contributed by atoms with E-state index in [1.54, 1.807) is 4.68 Å². The van der Waals surface area contributed by atoms with E-state index in [1.165, 1.54) is 0 Å². The molecule has 1 aliphatic heterocycles. The molecule has 0 unspecified atom stereocenters. The van der Waals surface area contributed by atoms with E-state index in [1.807, 2.05) is 24.5 Å². The van der Waals surface area contributed by atoms with Gasteiger partial charge in [-0.2, -0.15) is 0 Å². The molecule has 0 radical (unpaired) electrons. The fourth-order valence-corrected chi connectivity index (χ4v) is 1.70. The van der Waals surface area contributed by atoms with Gasteiger partial charge in [0.25, 0.3) is 0 Å². The molecule has 1 aromatic heterocycles. The highest BCUT2D eigenvalue weighted by Gasteiger charge is 2.20. The zero-order valence-electron chi connectivity index (χ0n) is 8.07. The van der Waals surface area contributed by atoms with Gasteiger partial charge in [-0.3, -0.25) is 14.9 Å². The van der Waals surface area contributed by atoms with Crippen molar-refractivity contribution in [2.75, 3.05) is 18.5 Å². The van der Waals surface area contributed by atoms with Crippen molar-refractivity contribution in [3.63, 3.8) is 0 Å². The zero-order valence-corrected chi connectivity index (χ0v) is 8.07. The maximum absolute atomic E-state index is 11.7. The van der Waals surface area contributed by atoms with Crippen molar-refractivity contribution in [3.05, 3.63) is 24.5 Å². The van der Waals surface area contributed by atoms with Crippen LogP contribution in [0.15, 0.2) is 24.5 Å². The average Bonchev–Trinajstić information content (AvgIpc) is 2.72. The van der Waals surface area contributed by atoms with Crippen molar-refractivity contribution in [2.24, 2.45) is 5.92 Å². The van der Waals surface area contributed by atoms with Crippen LogP contribution in [0.5, 0.6) is 0 Å². The summed E-state index contributed by atoms with van der Waals surface area (Å²) >= 11 is 0. The summed E-state index contributed by atoms with van der Waals surface area (Å²) in [7, 11) is 0. The SMILES string of the molecule is O=C(Nn1cccc1)[C@H]1CCCNC1. The summed E-state index contributed by atoms with van der Waals surface area (Å²) in [5, 5.41) is 3.23. The molecule has 1 aromatic rings. The number of rotatable bonds is 2. The van der Waals surface area contributed by atoms with Crippen LogP contribution < -0.4 is 10.7 Å². The Hall–Kier alpha value is -1.29. The van der Waals surface area contributed by atoms with Crippen molar-refractivity contribution in [1.82, 2.24) is 9.99 Å². The second-order valence-corrected chi connectivity index (χ2v) is 3.61. The molecule has 0 bridgehead atoms. The number of hydrogen-bond acceptors (Lipinski definition) is 2. The van der Waals surface area contributed by atoms with Crippen LogP contribution >= 0.6 is 0 Å². The first-order valence-corrected chi connectivity index (χ1v) is 5.01. The highest BCUT2D eigenvalue weighted by molar-refractivity contribution is 5.86. The van der Waals surface area contributed by atoms with Crippen LogP contribution in [0.4, 0.5) is 0 Å². The summed E-state index contributed by atoms with van der Waals surface area (Å²) in [6, 6.07) is 3.78. The normalized spacial score (nSPS) is 21.9. The first-order valence-electron chi connectivity index (χ1n) is 5.01. The van der Waals surface area contributed by atoms with Crippen molar-refractivity contribution in [2.45, 2.75) is 12.8 Å². The Morgan fingerprint density at radius 1 is 1.43 bits per heavy atom. The van der Waals surface area contributed by atoms with Crippen LogP contribution in [0.2, 0.25) is 0 Å². The fraction of sp³-hybridized carbons (Fsp3) is 0.500. The number of hydrogen-bond donors (Lipinski definition) is 2. The summed E-state index contributed by atoms with van der Waals surface area (Å²) < 4.78 is 1.69. The average molecular weight is 193 g/mol. The van der Waals surface area contributed by atoms with E-state index in [4.69, 9.17) is 0 Å². The molecular weight excluding hydrogens is 178 g/mol. The molecule has 2 N–H and O–H groups in total. The summed E-state index contributed by atoms with van der Waals surface area (Å²) in [6.45, 7) is 1.83. The molecule has 1 aliphatic rings. The summed E-state index contributed by atoms with van der Waals surface area (Å²) in [5.41, 5.74) is 2.83. The fourth-order valence-electron chi connectivity index (χ4n) is 1.70. The van der Waals surface area contributed by atoms with E-state index in [0.717, 1.165) is 25.9 Å². The molecule has 2 rings (SSSR count). The molecule has 76 valence electrons. The number of amides is 1. The standard InChI is InChI=1S/C10H15N3O/c14-10(9-4-3-5-11-8-9)12-13-6-1-2-7-13/h1-2,6-7,9,11H,3-5,8H2,(H,12,14)/t9-/m0/s1. The van der Waals surface area contributed by atoms with Crippen LogP contribution in [0.1, 0.15) is 12.8 Å². The molecule has 0 spiro atoms. The molecule has 0 saturated carbocycles. The molecule has 14 heavy (non-hydrogen) atoms. The van der Waals surface area contributed by atoms with E-state index in [-0.39, 0.29) is 11.8 Å². The first-order chi connectivity index (χ1) is 6.86. The smallest absolute Gasteiger partial charge is 0.243 e. The monoisotopic (exact) mass is 193 g/mol. The minimum atomic E-state index is 0.105. The van der Waals surface area contributed by atoms with Gasteiger partial charge < -0.3 is 5.32 Å². The number of piperidine rings is 1. The second kappa shape index (κ2) is 4.28. The van der Waals surface area contributed by atoms with Crippen LogP contribution in [0, 0.1) is 5.92 Å². The van der Waals surface area contributed by atoms with Gasteiger partial charge >= 0.3 is 0 Å². The van der Waals surface area contributed by atoms with Crippen LogP contribution in [0.25, 0.3) is 0 Å². The Balaban J connectivity index is 1.88. The molecule has 0 aliphatic carbocycles. The third-order valence-electron chi connectivity index (χ3n) is 2.51. The molecule has 1 saturated heterocycles. The van der Waals surface area contributed by atoms with Gasteiger partial charge in [0.1, 0.15) is 0 Å². The quantitative estimate of drug-likeness (QED) is 0.721. The summed E-state index contributed by atoms with van der Waals surface area (Å²) in [5.74, 6) is 0.222. The lowest BCUT2D eigenvalue weighted by atomic mass is 9.99. The highest BCUT2D eigenvalue weighted by atomic mass is 16.2. The summed E-state index contributed by atoms with van der Waals surface area (Å²) in [4.78, 5) is 11.7. The van der Waals surface area contributed by atoms with Crippen LogP contribution in [0.3, 0.4) is 0 Å². The number of aromatic nitrogens is 1. The lowest BCUT2D eigenvalue weighted by Gasteiger charge is -2.21. The van der Waals surface area contributed by atoms with Gasteiger partial charge in [-0.15, -0.1) is 0 Å². The summed E-state index contributed by atoms with van der Waals surface area (Å²) in [6.07, 6.45) is 5.73. The van der Waals surface area contributed by atoms with E-state index in [9.17, 15) is 4.79 Å². The molecule has 1 fully saturated rings. The molecule has 4 nitrogen and oxygen atoms in total. The highest BCUT2D eigenvalue weighted by Crippen LogP contribution is 2.09. The van der Waals surface area contributed by atoms with Crippen molar-refractivity contribution in [3.8, 4) is 0 Å². The van der Waals surface area contributed by atoms with Crippen molar-refractivity contribution in [1.29, 1.82) is 0 Å². The van der Waals surface area contributed by atoms with Gasteiger partial charge in [-0.05, 0) is 31.5 Å². The number of carbonyl (C=O) groups excluding carboxylic acids is 1. The van der Waals surface area contributed by atoms with Crippen molar-refractivity contribution < 1.29 is 4.79 Å². The van der Waals surface area contributed by atoms with Gasteiger partial charge in [-0.1, -0.05) is 0 Å². The van der Waals surface area contributed by atoms with Gasteiger partial charge in [-0.25, -0.2) is 0 Å². The molecule has 1 atom stereocenters. The molecule has 2 heterocycles. The van der Waals surface area contributed by atoms with E-state index in [2.05, 4.69) is 10.7 Å².